The minimum atomic E-state index is -4.70. The number of carbonyl (C=O) groups is 1. The van der Waals surface area contributed by atoms with E-state index in [4.69, 9.17) is 0 Å². The Morgan fingerprint density at radius 2 is 1.89 bits per heavy atom. The number of hydrogen-bond donors (Lipinski definition) is 0. The van der Waals surface area contributed by atoms with Crippen LogP contribution in [0.25, 0.3) is 0 Å². The third-order valence-corrected chi connectivity index (χ3v) is 2.56. The Labute approximate surface area is 103 Å². The van der Waals surface area contributed by atoms with E-state index in [1.54, 1.807) is 0 Å². The Bertz CT molecular complexity index is 423. The van der Waals surface area contributed by atoms with Crippen LogP contribution < -0.4 is 0 Å². The highest BCUT2D eigenvalue weighted by Crippen LogP contribution is 2.32. The zero-order valence-electron chi connectivity index (χ0n) is 9.98. The van der Waals surface area contributed by atoms with Crippen LogP contribution in [0.3, 0.4) is 0 Å². The summed E-state index contributed by atoms with van der Waals surface area (Å²) in [6, 6.07) is 2.85. The number of hydrogen-bond acceptors (Lipinski definition) is 1. The van der Waals surface area contributed by atoms with Gasteiger partial charge < -0.3 is 0 Å². The first-order valence-corrected chi connectivity index (χ1v) is 5.72. The molecule has 100 valence electrons. The second kappa shape index (κ2) is 5.98. The summed E-state index contributed by atoms with van der Waals surface area (Å²) in [6.45, 7) is 1.86. The highest BCUT2D eigenvalue weighted by molar-refractivity contribution is 5.78. The van der Waals surface area contributed by atoms with Crippen LogP contribution in [-0.2, 0) is 17.4 Å². The van der Waals surface area contributed by atoms with Gasteiger partial charge in [-0.2, -0.15) is 13.2 Å². The van der Waals surface area contributed by atoms with E-state index in [1.165, 1.54) is 6.07 Å². The van der Waals surface area contributed by atoms with Crippen molar-refractivity contribution in [2.45, 2.75) is 38.8 Å². The van der Waals surface area contributed by atoms with E-state index in [0.717, 1.165) is 18.6 Å². The molecule has 0 aliphatic carbocycles. The van der Waals surface area contributed by atoms with E-state index in [2.05, 4.69) is 0 Å². The number of aryl methyl sites for hydroxylation is 1. The van der Waals surface area contributed by atoms with Gasteiger partial charge in [0.2, 0.25) is 0 Å². The first-order chi connectivity index (χ1) is 8.34. The summed E-state index contributed by atoms with van der Waals surface area (Å²) in [6.07, 6.45) is -3.16. The predicted molar refractivity (Wildman–Crippen MR) is 59.6 cm³/mol. The molecule has 18 heavy (non-hydrogen) atoms. The molecule has 0 spiro atoms. The standard InChI is InChI=1S/C13H14F4O/c1-2-3-10(18)6-4-9-5-7-12(14)11(8-9)13(15,16)17/h5,7-8H,2-4,6H2,1H3. The average Bonchev–Trinajstić information content (AvgIpc) is 2.27. The fraction of sp³-hybridized carbons (Fsp3) is 0.462. The van der Waals surface area contributed by atoms with E-state index in [1.807, 2.05) is 6.92 Å². The lowest BCUT2D eigenvalue weighted by Crippen LogP contribution is -2.09. The van der Waals surface area contributed by atoms with Crippen LogP contribution in [0.5, 0.6) is 0 Å². The van der Waals surface area contributed by atoms with Crippen molar-refractivity contribution in [2.75, 3.05) is 0 Å². The van der Waals surface area contributed by atoms with Crippen molar-refractivity contribution in [1.29, 1.82) is 0 Å². The highest BCUT2D eigenvalue weighted by Gasteiger charge is 2.34. The summed E-state index contributed by atoms with van der Waals surface area (Å²) in [4.78, 5) is 11.3. The summed E-state index contributed by atoms with van der Waals surface area (Å²) in [5.41, 5.74) is -0.948. The zero-order chi connectivity index (χ0) is 13.8. The molecule has 0 aromatic heterocycles. The van der Waals surface area contributed by atoms with E-state index < -0.39 is 17.6 Å². The van der Waals surface area contributed by atoms with Crippen LogP contribution >= 0.6 is 0 Å². The minimum Gasteiger partial charge on any atom is -0.300 e. The molecular formula is C13H14F4O. The molecule has 0 saturated heterocycles. The summed E-state index contributed by atoms with van der Waals surface area (Å²) < 4.78 is 50.3. The van der Waals surface area contributed by atoms with Crippen LogP contribution in [-0.4, -0.2) is 5.78 Å². The minimum absolute atomic E-state index is 0.00961. The number of ketones is 1. The Balaban J connectivity index is 2.77. The molecule has 0 fully saturated rings. The summed E-state index contributed by atoms with van der Waals surface area (Å²) >= 11 is 0. The van der Waals surface area contributed by atoms with Crippen LogP contribution in [0.15, 0.2) is 18.2 Å². The first-order valence-electron chi connectivity index (χ1n) is 5.72. The smallest absolute Gasteiger partial charge is 0.300 e. The molecule has 0 aliphatic rings. The number of carbonyl (C=O) groups excluding carboxylic acids is 1. The molecule has 0 unspecified atom stereocenters. The first kappa shape index (κ1) is 14.7. The van der Waals surface area contributed by atoms with Gasteiger partial charge in [0.05, 0.1) is 5.56 Å². The van der Waals surface area contributed by atoms with E-state index in [-0.39, 0.29) is 18.6 Å². The molecule has 5 heteroatoms. The SMILES string of the molecule is CCCC(=O)CCc1ccc(F)c(C(F)(F)F)c1. The monoisotopic (exact) mass is 262 g/mol. The van der Waals surface area contributed by atoms with Crippen molar-refractivity contribution >= 4 is 5.78 Å². The molecule has 0 N–H and O–H groups in total. The van der Waals surface area contributed by atoms with Crippen molar-refractivity contribution < 1.29 is 22.4 Å². The molecule has 0 atom stereocenters. The molecule has 1 aromatic rings. The molecule has 0 amide bonds. The lowest BCUT2D eigenvalue weighted by molar-refractivity contribution is -0.140. The second-order valence-electron chi connectivity index (χ2n) is 4.10. The summed E-state index contributed by atoms with van der Waals surface area (Å²) in [5.74, 6) is -1.28. The van der Waals surface area contributed by atoms with Gasteiger partial charge in [-0.3, -0.25) is 4.79 Å². The lowest BCUT2D eigenvalue weighted by atomic mass is 10.0. The summed E-state index contributed by atoms with van der Waals surface area (Å²) in [7, 11) is 0. The number of Topliss-reactive ketones (excluding diaryl/α,β-unsaturated/α-hetero) is 1. The fourth-order valence-corrected chi connectivity index (χ4v) is 1.63. The Morgan fingerprint density at radius 3 is 2.44 bits per heavy atom. The second-order valence-corrected chi connectivity index (χ2v) is 4.10. The number of rotatable bonds is 5. The largest absolute Gasteiger partial charge is 0.419 e. The zero-order valence-corrected chi connectivity index (χ0v) is 9.98. The quantitative estimate of drug-likeness (QED) is 0.729. The van der Waals surface area contributed by atoms with Crippen LogP contribution in [0.4, 0.5) is 17.6 Å². The maximum absolute atomic E-state index is 13.0. The van der Waals surface area contributed by atoms with Gasteiger partial charge in [-0.15, -0.1) is 0 Å². The predicted octanol–water partition coefficient (Wildman–Crippen LogP) is 4.15. The Morgan fingerprint density at radius 1 is 1.22 bits per heavy atom. The van der Waals surface area contributed by atoms with Gasteiger partial charge in [0.15, 0.2) is 0 Å². The van der Waals surface area contributed by atoms with Crippen LogP contribution in [0.1, 0.15) is 37.3 Å². The maximum Gasteiger partial charge on any atom is 0.419 e. The lowest BCUT2D eigenvalue weighted by Gasteiger charge is -2.09. The Kier molecular flexibility index (Phi) is 4.87. The molecule has 0 heterocycles. The molecule has 1 rings (SSSR count). The van der Waals surface area contributed by atoms with Gasteiger partial charge in [0.25, 0.3) is 0 Å². The van der Waals surface area contributed by atoms with Crippen molar-refractivity contribution in [3.05, 3.63) is 35.1 Å². The van der Waals surface area contributed by atoms with E-state index in [9.17, 15) is 22.4 Å². The Hall–Kier alpha value is -1.39. The van der Waals surface area contributed by atoms with E-state index in [0.29, 0.717) is 12.0 Å². The molecule has 0 aliphatic heterocycles. The maximum atomic E-state index is 13.0. The third kappa shape index (κ3) is 4.13. The molecule has 1 nitrogen and oxygen atoms in total. The fourth-order valence-electron chi connectivity index (χ4n) is 1.63. The normalized spacial score (nSPS) is 11.6. The molecule has 0 radical (unpaired) electrons. The van der Waals surface area contributed by atoms with Crippen molar-refractivity contribution in [3.63, 3.8) is 0 Å². The highest BCUT2D eigenvalue weighted by atomic mass is 19.4. The van der Waals surface area contributed by atoms with Gasteiger partial charge in [0.1, 0.15) is 11.6 Å². The van der Waals surface area contributed by atoms with Gasteiger partial charge >= 0.3 is 6.18 Å². The van der Waals surface area contributed by atoms with Gasteiger partial charge in [0, 0.05) is 12.8 Å². The van der Waals surface area contributed by atoms with Crippen molar-refractivity contribution in [3.8, 4) is 0 Å². The molecular weight excluding hydrogens is 248 g/mol. The van der Waals surface area contributed by atoms with Gasteiger partial charge in [-0.05, 0) is 30.5 Å². The summed E-state index contributed by atoms with van der Waals surface area (Å²) in [5, 5.41) is 0. The van der Waals surface area contributed by atoms with E-state index >= 15 is 0 Å². The van der Waals surface area contributed by atoms with Crippen LogP contribution in [0, 0.1) is 5.82 Å². The van der Waals surface area contributed by atoms with Crippen LogP contribution in [0.2, 0.25) is 0 Å². The van der Waals surface area contributed by atoms with Gasteiger partial charge in [-0.25, -0.2) is 4.39 Å². The molecule has 0 bridgehead atoms. The molecule has 1 aromatic carbocycles. The van der Waals surface area contributed by atoms with Crippen molar-refractivity contribution in [2.24, 2.45) is 0 Å². The third-order valence-electron chi connectivity index (χ3n) is 2.56. The topological polar surface area (TPSA) is 17.1 Å². The van der Waals surface area contributed by atoms with Crippen molar-refractivity contribution in [1.82, 2.24) is 0 Å². The number of alkyl halides is 3. The molecule has 0 saturated carbocycles. The average molecular weight is 262 g/mol. The number of benzene rings is 1. The number of halogens is 4. The van der Waals surface area contributed by atoms with Gasteiger partial charge in [-0.1, -0.05) is 13.0 Å².